The van der Waals surface area contributed by atoms with Crippen LogP contribution in [0.15, 0.2) is 91.1 Å². The van der Waals surface area contributed by atoms with Gasteiger partial charge in [0.15, 0.2) is 0 Å². The number of pyridine rings is 1. The standard InChI is InChI=1S/C46H46N7O.Pt/c1-44(2,3)29-21-22-35-32(24-29)33-26-34(41-48-42(45(4,5)6)50-43(49-41)46(7,8)9)39(27-38(33)53(35)40-20-13-14-23-47-40)54-31-17-15-16-30(25-31)52-28-51(10)36-18-11-12-19-37(36)52;/h11-24,26,28H,1-10H3;/q-3;. The molecule has 8 rings (SSSR count). The van der Waals surface area contributed by atoms with Crippen LogP contribution in [0, 0.1) is 18.8 Å². The van der Waals surface area contributed by atoms with Gasteiger partial charge in [-0.1, -0.05) is 98.2 Å². The molecule has 9 heteroatoms. The van der Waals surface area contributed by atoms with E-state index >= 15 is 0 Å². The van der Waals surface area contributed by atoms with Gasteiger partial charge in [0.05, 0.1) is 0 Å². The van der Waals surface area contributed by atoms with Crippen molar-refractivity contribution in [3.05, 3.63) is 127 Å². The third-order valence-electron chi connectivity index (χ3n) is 9.77. The summed E-state index contributed by atoms with van der Waals surface area (Å²) in [5.74, 6) is 3.80. The summed E-state index contributed by atoms with van der Waals surface area (Å²) in [5, 5.41) is 2.09. The van der Waals surface area contributed by atoms with Crippen LogP contribution in [0.25, 0.3) is 39.0 Å². The van der Waals surface area contributed by atoms with E-state index in [0.29, 0.717) is 17.3 Å². The zero-order valence-corrected chi connectivity index (χ0v) is 35.4. The molecule has 0 saturated carbocycles. The van der Waals surface area contributed by atoms with E-state index < -0.39 is 0 Å². The fraction of sp³-hybridized carbons (Fsp3) is 0.283. The number of rotatable bonds is 5. The van der Waals surface area contributed by atoms with Gasteiger partial charge in [0.1, 0.15) is 23.3 Å². The van der Waals surface area contributed by atoms with Crippen LogP contribution in [0.1, 0.15) is 79.5 Å². The van der Waals surface area contributed by atoms with Crippen LogP contribution in [-0.4, -0.2) is 31.6 Å². The zero-order valence-electron chi connectivity index (χ0n) is 33.1. The van der Waals surface area contributed by atoms with Crippen molar-refractivity contribution in [2.45, 2.75) is 78.6 Å². The average Bonchev–Trinajstić information content (AvgIpc) is 3.64. The summed E-state index contributed by atoms with van der Waals surface area (Å²) in [6.45, 7) is 21.6. The van der Waals surface area contributed by atoms with Gasteiger partial charge >= 0.3 is 0 Å². The van der Waals surface area contributed by atoms with E-state index in [-0.39, 0.29) is 37.3 Å². The number of benzene rings is 4. The second-order valence-electron chi connectivity index (χ2n) is 17.2. The topological polar surface area (TPSA) is 72.2 Å². The molecule has 0 bridgehead atoms. The molecule has 0 radical (unpaired) electrons. The van der Waals surface area contributed by atoms with E-state index in [2.05, 4.69) is 138 Å². The maximum absolute atomic E-state index is 6.90. The van der Waals surface area contributed by atoms with Gasteiger partial charge in [0.25, 0.3) is 0 Å². The van der Waals surface area contributed by atoms with Crippen LogP contribution in [0.3, 0.4) is 0 Å². The first-order valence-corrected chi connectivity index (χ1v) is 18.5. The predicted molar refractivity (Wildman–Crippen MR) is 219 cm³/mol. The Labute approximate surface area is 338 Å². The van der Waals surface area contributed by atoms with Gasteiger partial charge in [-0.3, -0.25) is 0 Å². The van der Waals surface area contributed by atoms with E-state index in [0.717, 1.165) is 61.9 Å². The van der Waals surface area contributed by atoms with Gasteiger partial charge in [-0.25, -0.2) is 19.9 Å². The maximum Gasteiger partial charge on any atom is 0.137 e. The van der Waals surface area contributed by atoms with Crippen LogP contribution in [-0.2, 0) is 37.3 Å². The molecular formula is C46H46N7OPt-3. The van der Waals surface area contributed by atoms with Crippen molar-refractivity contribution < 1.29 is 25.8 Å². The maximum atomic E-state index is 6.90. The van der Waals surface area contributed by atoms with Crippen molar-refractivity contribution in [3.63, 3.8) is 0 Å². The van der Waals surface area contributed by atoms with E-state index in [1.807, 2.05) is 55.7 Å². The summed E-state index contributed by atoms with van der Waals surface area (Å²) in [5.41, 5.74) is 6.19. The van der Waals surface area contributed by atoms with Gasteiger partial charge in [-0.2, -0.15) is 12.7 Å². The Bertz CT molecular complexity index is 2510. The number of anilines is 3. The summed E-state index contributed by atoms with van der Waals surface area (Å²) in [4.78, 5) is 24.3. The van der Waals surface area contributed by atoms with Crippen molar-refractivity contribution in [1.82, 2.24) is 24.5 Å². The fourth-order valence-electron chi connectivity index (χ4n) is 6.78. The van der Waals surface area contributed by atoms with Crippen molar-refractivity contribution >= 4 is 38.9 Å². The zero-order chi connectivity index (χ0) is 38.2. The molecule has 4 heterocycles. The van der Waals surface area contributed by atoms with Crippen LogP contribution in [0.5, 0.6) is 11.5 Å². The van der Waals surface area contributed by atoms with Gasteiger partial charge in [0.2, 0.25) is 0 Å². The molecule has 7 aromatic rings. The molecule has 0 atom stereocenters. The molecule has 0 aliphatic carbocycles. The van der Waals surface area contributed by atoms with Crippen LogP contribution in [0.4, 0.5) is 17.1 Å². The van der Waals surface area contributed by atoms with Crippen molar-refractivity contribution in [2.75, 3.05) is 16.8 Å². The Kier molecular flexibility index (Phi) is 9.66. The number of nitrogens with zero attached hydrogens (tertiary/aromatic N) is 7. The summed E-state index contributed by atoms with van der Waals surface area (Å²) >= 11 is 0. The van der Waals surface area contributed by atoms with E-state index in [1.165, 1.54) is 5.56 Å². The predicted octanol–water partition coefficient (Wildman–Crippen LogP) is 11.0. The second-order valence-corrected chi connectivity index (χ2v) is 17.2. The second kappa shape index (κ2) is 13.9. The number of ether oxygens (including phenoxy) is 1. The van der Waals surface area contributed by atoms with Gasteiger partial charge < -0.3 is 19.1 Å². The molecule has 55 heavy (non-hydrogen) atoms. The third kappa shape index (κ3) is 7.13. The summed E-state index contributed by atoms with van der Waals surface area (Å²) in [6, 6.07) is 36.4. The molecule has 1 aliphatic heterocycles. The molecule has 0 unspecified atom stereocenters. The Morgan fingerprint density at radius 3 is 2.02 bits per heavy atom. The third-order valence-corrected chi connectivity index (χ3v) is 9.77. The molecule has 0 saturated heterocycles. The summed E-state index contributed by atoms with van der Waals surface area (Å²) in [6.07, 6.45) is 1.82. The van der Waals surface area contributed by atoms with E-state index in [9.17, 15) is 0 Å². The quantitative estimate of drug-likeness (QED) is 0.159. The van der Waals surface area contributed by atoms with Crippen molar-refractivity contribution in [3.8, 4) is 28.7 Å². The first kappa shape index (κ1) is 38.2. The minimum Gasteiger partial charge on any atom is -0.508 e. The van der Waals surface area contributed by atoms with Crippen LogP contribution >= 0.6 is 0 Å². The minimum atomic E-state index is -0.319. The Morgan fingerprint density at radius 2 is 1.36 bits per heavy atom. The van der Waals surface area contributed by atoms with Gasteiger partial charge in [-0.05, 0) is 59.3 Å². The van der Waals surface area contributed by atoms with Crippen LogP contribution < -0.4 is 14.5 Å². The summed E-state index contributed by atoms with van der Waals surface area (Å²) < 4.78 is 9.06. The Morgan fingerprint density at radius 1 is 0.673 bits per heavy atom. The first-order valence-electron chi connectivity index (χ1n) is 18.5. The Balaban J connectivity index is 0.00000465. The molecule has 0 fully saturated rings. The van der Waals surface area contributed by atoms with Crippen molar-refractivity contribution in [1.29, 1.82) is 0 Å². The summed E-state index contributed by atoms with van der Waals surface area (Å²) in [7, 11) is 2.05. The fourth-order valence-corrected chi connectivity index (χ4v) is 6.78. The molecular weight excluding hydrogens is 862 g/mol. The molecule has 0 amide bonds. The average molecular weight is 908 g/mol. The number of hydrogen-bond donors (Lipinski definition) is 0. The number of para-hydroxylation sites is 2. The van der Waals surface area contributed by atoms with Crippen molar-refractivity contribution in [2.24, 2.45) is 0 Å². The Hall–Kier alpha value is -5.07. The number of aromatic nitrogens is 5. The normalized spacial score (nSPS) is 13.3. The molecule has 3 aromatic heterocycles. The molecule has 0 spiro atoms. The minimum absolute atomic E-state index is 0. The van der Waals surface area contributed by atoms with E-state index in [4.69, 9.17) is 24.7 Å². The van der Waals surface area contributed by atoms with Gasteiger partial charge in [-0.15, -0.1) is 41.4 Å². The number of fused-ring (bicyclic) bond motifs is 4. The molecule has 284 valence electrons. The SMILES string of the molecule is CN1[CH-]N(c2[c-]c(Oc3[c-]c4c(cc3-c3nc(C(C)(C)C)nc(C(C)(C)C)n3)c3cc(C(C)(C)C)ccc3n4-c3ccccn3)ccc2)c2ccccc21.[Pt]. The number of hydrogen-bond acceptors (Lipinski definition) is 7. The monoisotopic (exact) mass is 907 g/mol. The molecule has 1 aliphatic rings. The van der Waals surface area contributed by atoms with Crippen LogP contribution in [0.2, 0.25) is 0 Å². The first-order chi connectivity index (χ1) is 25.6. The van der Waals surface area contributed by atoms with Gasteiger partial charge in [0, 0.05) is 66.5 Å². The largest absolute Gasteiger partial charge is 0.508 e. The molecule has 4 aromatic carbocycles. The smallest absolute Gasteiger partial charge is 0.137 e. The molecule has 0 N–H and O–H groups in total. The molecule has 8 nitrogen and oxygen atoms in total. The van der Waals surface area contributed by atoms with E-state index in [1.54, 1.807) is 0 Å².